The quantitative estimate of drug-likeness (QED) is 0.672. The number of aryl methyl sites for hydroxylation is 1. The lowest BCUT2D eigenvalue weighted by atomic mass is 10.1. The van der Waals surface area contributed by atoms with Crippen LogP contribution in [-0.2, 0) is 0 Å². The molecule has 1 aliphatic heterocycles. The third-order valence-corrected chi connectivity index (χ3v) is 5.23. The molecule has 4 rings (SSSR count). The lowest BCUT2D eigenvalue weighted by Crippen LogP contribution is -2.21. The number of aromatic nitrogens is 3. The van der Waals surface area contributed by atoms with E-state index in [4.69, 9.17) is 16.7 Å². The minimum Gasteiger partial charge on any atom is -0.187 e. The maximum absolute atomic E-state index is 5.98. The van der Waals surface area contributed by atoms with Crippen molar-refractivity contribution < 1.29 is 0 Å². The molecule has 1 aromatic heterocycles. The highest BCUT2D eigenvalue weighted by molar-refractivity contribution is 8.00. The monoisotopic (exact) mass is 354 g/mol. The predicted molar refractivity (Wildman–Crippen MR) is 98.9 cm³/mol. The molecule has 3 aromatic rings. The van der Waals surface area contributed by atoms with Gasteiger partial charge in [0.05, 0.1) is 11.0 Å². The number of rotatable bonds is 2. The van der Waals surface area contributed by atoms with Crippen molar-refractivity contribution in [3.8, 4) is 11.4 Å². The molecule has 2 aromatic carbocycles. The van der Waals surface area contributed by atoms with Crippen molar-refractivity contribution in [3.05, 3.63) is 64.7 Å². The maximum Gasteiger partial charge on any atom is 0.213 e. The fourth-order valence-electron chi connectivity index (χ4n) is 2.63. The van der Waals surface area contributed by atoms with Gasteiger partial charge in [0, 0.05) is 10.6 Å². The van der Waals surface area contributed by atoms with Crippen LogP contribution in [0.1, 0.15) is 18.1 Å². The Labute approximate surface area is 149 Å². The minimum absolute atomic E-state index is 0.225. The van der Waals surface area contributed by atoms with E-state index < -0.39 is 0 Å². The summed E-state index contributed by atoms with van der Waals surface area (Å²) in [5, 5.41) is 15.2. The zero-order chi connectivity index (χ0) is 16.7. The van der Waals surface area contributed by atoms with E-state index in [1.807, 2.05) is 28.9 Å². The van der Waals surface area contributed by atoms with E-state index in [2.05, 4.69) is 48.3 Å². The highest BCUT2D eigenvalue weighted by Crippen LogP contribution is 2.33. The minimum atomic E-state index is 0.225. The van der Waals surface area contributed by atoms with E-state index in [1.165, 1.54) is 5.56 Å². The molecule has 4 nitrogen and oxygen atoms in total. The molecule has 1 atom stereocenters. The molecule has 0 bridgehead atoms. The first kappa shape index (κ1) is 15.4. The number of benzene rings is 2. The molecule has 6 heteroatoms. The number of hydrogen-bond acceptors (Lipinski definition) is 4. The average Bonchev–Trinajstić information content (AvgIpc) is 2.98. The zero-order valence-electron chi connectivity index (χ0n) is 13.3. The Kier molecular flexibility index (Phi) is 3.90. The number of hydrogen-bond donors (Lipinski definition) is 0. The molecule has 2 heterocycles. The molecule has 0 fully saturated rings. The van der Waals surface area contributed by atoms with Crippen molar-refractivity contribution in [3.63, 3.8) is 0 Å². The number of fused-ring (bicyclic) bond motifs is 1. The van der Waals surface area contributed by atoms with Gasteiger partial charge in [-0.05, 0) is 43.7 Å². The van der Waals surface area contributed by atoms with Gasteiger partial charge in [0.15, 0.2) is 5.82 Å². The molecule has 120 valence electrons. The van der Waals surface area contributed by atoms with E-state index in [9.17, 15) is 0 Å². The molecule has 0 amide bonds. The van der Waals surface area contributed by atoms with Crippen LogP contribution in [0, 0.1) is 6.92 Å². The Morgan fingerprint density at radius 2 is 1.62 bits per heavy atom. The third-order valence-electron chi connectivity index (χ3n) is 3.94. The van der Waals surface area contributed by atoms with Crippen LogP contribution in [0.4, 0.5) is 0 Å². The van der Waals surface area contributed by atoms with E-state index in [0.29, 0.717) is 5.02 Å². The Hall–Kier alpha value is -2.11. The van der Waals surface area contributed by atoms with Gasteiger partial charge in [0.1, 0.15) is 0 Å². The Bertz CT molecular complexity index is 913. The van der Waals surface area contributed by atoms with Gasteiger partial charge in [-0.2, -0.15) is 9.78 Å². The number of nitrogens with zero attached hydrogens (tertiary/aromatic N) is 4. The largest absolute Gasteiger partial charge is 0.213 e. The van der Waals surface area contributed by atoms with Crippen LogP contribution in [-0.4, -0.2) is 25.8 Å². The van der Waals surface area contributed by atoms with Gasteiger partial charge in [0.25, 0.3) is 0 Å². The first-order valence-corrected chi connectivity index (χ1v) is 8.91. The fourth-order valence-corrected chi connectivity index (χ4v) is 3.68. The summed E-state index contributed by atoms with van der Waals surface area (Å²) in [5.74, 6) is 0.727. The van der Waals surface area contributed by atoms with Crippen LogP contribution < -0.4 is 0 Å². The second-order valence-electron chi connectivity index (χ2n) is 5.74. The summed E-state index contributed by atoms with van der Waals surface area (Å²) in [7, 11) is 0. The first-order valence-electron chi connectivity index (χ1n) is 7.66. The molecule has 0 radical (unpaired) electrons. The standard InChI is InChI=1S/C18H15ClN4S/c1-11-3-5-13(6-4-11)16-12(2)24-18-21-20-17(23(18)22-16)14-7-9-15(19)10-8-14/h3-10,12H,1-2H3. The second-order valence-corrected chi connectivity index (χ2v) is 7.48. The summed E-state index contributed by atoms with van der Waals surface area (Å²) in [6, 6.07) is 16.0. The second kappa shape index (κ2) is 6.07. The van der Waals surface area contributed by atoms with Gasteiger partial charge in [-0.3, -0.25) is 0 Å². The Balaban J connectivity index is 1.81. The van der Waals surface area contributed by atoms with Crippen molar-refractivity contribution >= 4 is 29.1 Å². The SMILES string of the molecule is Cc1ccc(C2=Nn3c(nnc3-c3ccc(Cl)cc3)SC2C)cc1. The zero-order valence-corrected chi connectivity index (χ0v) is 14.8. The van der Waals surface area contributed by atoms with Crippen molar-refractivity contribution in [2.45, 2.75) is 24.3 Å². The summed E-state index contributed by atoms with van der Waals surface area (Å²) in [6.07, 6.45) is 0. The Morgan fingerprint density at radius 1 is 0.958 bits per heavy atom. The number of thioether (sulfide) groups is 1. The van der Waals surface area contributed by atoms with Gasteiger partial charge in [-0.15, -0.1) is 10.2 Å². The first-order chi connectivity index (χ1) is 11.6. The number of halogens is 1. The van der Waals surface area contributed by atoms with Crippen LogP contribution in [0.2, 0.25) is 5.02 Å². The topological polar surface area (TPSA) is 43.1 Å². The molecule has 0 aliphatic carbocycles. The molecule has 1 aliphatic rings. The van der Waals surface area contributed by atoms with Gasteiger partial charge in [0.2, 0.25) is 5.16 Å². The molecule has 24 heavy (non-hydrogen) atoms. The van der Waals surface area contributed by atoms with E-state index in [1.54, 1.807) is 11.8 Å². The lowest BCUT2D eigenvalue weighted by Gasteiger charge is -2.20. The molecule has 0 N–H and O–H groups in total. The summed E-state index contributed by atoms with van der Waals surface area (Å²) in [5.41, 5.74) is 4.34. The molecular formula is C18H15ClN4S. The van der Waals surface area contributed by atoms with Crippen molar-refractivity contribution in [1.29, 1.82) is 0 Å². The molecular weight excluding hydrogens is 340 g/mol. The predicted octanol–water partition coefficient (Wildman–Crippen LogP) is 4.65. The maximum atomic E-state index is 5.98. The summed E-state index contributed by atoms with van der Waals surface area (Å²) >= 11 is 7.65. The molecule has 0 spiro atoms. The highest BCUT2D eigenvalue weighted by atomic mass is 35.5. The van der Waals surface area contributed by atoms with Crippen molar-refractivity contribution in [2.75, 3.05) is 0 Å². The summed E-state index contributed by atoms with van der Waals surface area (Å²) in [4.78, 5) is 0. The normalized spacial score (nSPS) is 16.6. The van der Waals surface area contributed by atoms with E-state index in [0.717, 1.165) is 27.8 Å². The van der Waals surface area contributed by atoms with Crippen LogP contribution in [0.25, 0.3) is 11.4 Å². The van der Waals surface area contributed by atoms with Gasteiger partial charge >= 0.3 is 0 Å². The Morgan fingerprint density at radius 3 is 2.33 bits per heavy atom. The summed E-state index contributed by atoms with van der Waals surface area (Å²) in [6.45, 7) is 4.23. The van der Waals surface area contributed by atoms with Gasteiger partial charge in [-0.1, -0.05) is 53.2 Å². The molecule has 1 unspecified atom stereocenters. The van der Waals surface area contributed by atoms with E-state index >= 15 is 0 Å². The van der Waals surface area contributed by atoms with Gasteiger partial charge in [-0.25, -0.2) is 0 Å². The van der Waals surface area contributed by atoms with E-state index in [-0.39, 0.29) is 5.25 Å². The van der Waals surface area contributed by atoms with Crippen LogP contribution in [0.3, 0.4) is 0 Å². The smallest absolute Gasteiger partial charge is 0.187 e. The fraction of sp³-hybridized carbons (Fsp3) is 0.167. The molecule has 0 saturated heterocycles. The van der Waals surface area contributed by atoms with Crippen LogP contribution >= 0.6 is 23.4 Å². The van der Waals surface area contributed by atoms with Crippen molar-refractivity contribution in [2.24, 2.45) is 5.10 Å². The molecule has 0 saturated carbocycles. The highest BCUT2D eigenvalue weighted by Gasteiger charge is 2.26. The third kappa shape index (κ3) is 2.74. The average molecular weight is 355 g/mol. The van der Waals surface area contributed by atoms with Crippen LogP contribution in [0.5, 0.6) is 0 Å². The van der Waals surface area contributed by atoms with Crippen molar-refractivity contribution in [1.82, 2.24) is 14.9 Å². The lowest BCUT2D eigenvalue weighted by molar-refractivity contribution is 0.754. The van der Waals surface area contributed by atoms with Gasteiger partial charge < -0.3 is 0 Å². The summed E-state index contributed by atoms with van der Waals surface area (Å²) < 4.78 is 1.82. The van der Waals surface area contributed by atoms with Crippen LogP contribution in [0.15, 0.2) is 58.8 Å².